The Morgan fingerprint density at radius 1 is 0.957 bits per heavy atom. The Kier molecular flexibility index (Phi) is 5.88. The number of carbonyl (C=O) groups excluding carboxylic acids is 2. The van der Waals surface area contributed by atoms with E-state index in [0.29, 0.717) is 17.9 Å². The second-order valence-corrected chi connectivity index (χ2v) is 5.45. The van der Waals surface area contributed by atoms with Crippen molar-refractivity contribution in [3.8, 4) is 0 Å². The fraction of sp³-hybridized carbons (Fsp3) is 0.222. The second-order valence-electron chi connectivity index (χ2n) is 5.45. The summed E-state index contributed by atoms with van der Waals surface area (Å²) in [4.78, 5) is 23.0. The Hall–Kier alpha value is -2.66. The summed E-state index contributed by atoms with van der Waals surface area (Å²) < 4.78 is 0. The van der Waals surface area contributed by atoms with E-state index in [2.05, 4.69) is 29.7 Å². The van der Waals surface area contributed by atoms with Crippen LogP contribution in [0.15, 0.2) is 54.6 Å². The van der Waals surface area contributed by atoms with Gasteiger partial charge in [-0.2, -0.15) is 0 Å². The molecule has 0 saturated carbocycles. The second kappa shape index (κ2) is 8.10. The van der Waals surface area contributed by atoms with E-state index in [-0.39, 0.29) is 17.9 Å². The lowest BCUT2D eigenvalue weighted by Gasteiger charge is -2.11. The number of nitrogens with one attached hydrogen (secondary N) is 2. The molecule has 0 unspecified atom stereocenters. The summed E-state index contributed by atoms with van der Waals surface area (Å²) in [5, 5.41) is 7.53. The van der Waals surface area contributed by atoms with Crippen LogP contribution in [0.5, 0.6) is 0 Å². The number of amides is 2. The number of hydrogen-bond acceptors (Lipinski definition) is 2. The molecule has 1 atom stereocenters. The van der Waals surface area contributed by atoms with Gasteiger partial charge >= 0.3 is 0 Å². The van der Waals surface area contributed by atoms with E-state index in [0.717, 1.165) is 0 Å². The van der Waals surface area contributed by atoms with E-state index in [9.17, 15) is 9.59 Å². The smallest absolute Gasteiger partial charge is 0.279 e. The first kappa shape index (κ1) is 16.7. The summed E-state index contributed by atoms with van der Waals surface area (Å²) in [5.74, 6) is -0.175. The van der Waals surface area contributed by atoms with Crippen LogP contribution in [0.3, 0.4) is 0 Å². The normalized spacial score (nSPS) is 11.6. The predicted molar refractivity (Wildman–Crippen MR) is 91.0 cm³/mol. The molecule has 0 spiro atoms. The topological polar surface area (TPSA) is 74.8 Å². The average molecular weight is 312 g/mol. The minimum Gasteiger partial charge on any atom is -0.333 e. The van der Waals surface area contributed by atoms with Gasteiger partial charge in [0.1, 0.15) is 6.04 Å². The average Bonchev–Trinajstić information content (AvgIpc) is 2.55. The molecule has 2 rings (SSSR count). The first-order chi connectivity index (χ1) is 11.0. The standard InChI is InChI=1S/C18H21N3O2/c1-13(15-6-4-3-5-7-15)19-12-18(23)21-17-10-8-16(9-11-17)20-14(2)22/h3-11,13,19H,12H2,1-2H3,(H,20,22)(H,21,23)/p+1/t13-/m0/s1. The quantitative estimate of drug-likeness (QED) is 0.762. The van der Waals surface area contributed by atoms with Gasteiger partial charge in [0.05, 0.1) is 0 Å². The Balaban J connectivity index is 1.81. The molecule has 2 amide bonds. The molecule has 0 radical (unpaired) electrons. The summed E-state index contributed by atoms with van der Waals surface area (Å²) in [6.07, 6.45) is 0. The number of quaternary nitrogens is 1. The Bertz CT molecular complexity index is 654. The third-order valence-electron chi connectivity index (χ3n) is 3.47. The SMILES string of the molecule is CC(=O)Nc1ccc(NC(=O)C[NH2+][C@@H](C)c2ccccc2)cc1. The predicted octanol–water partition coefficient (Wildman–Crippen LogP) is 1.91. The van der Waals surface area contributed by atoms with Crippen molar-refractivity contribution in [2.45, 2.75) is 19.9 Å². The first-order valence-corrected chi connectivity index (χ1v) is 7.60. The zero-order valence-corrected chi connectivity index (χ0v) is 13.4. The molecule has 2 aromatic rings. The van der Waals surface area contributed by atoms with E-state index in [1.165, 1.54) is 12.5 Å². The number of hydrogen-bond donors (Lipinski definition) is 3. The minimum atomic E-state index is -0.119. The zero-order valence-electron chi connectivity index (χ0n) is 13.4. The van der Waals surface area contributed by atoms with Crippen LogP contribution >= 0.6 is 0 Å². The van der Waals surface area contributed by atoms with Crippen LogP contribution < -0.4 is 16.0 Å². The summed E-state index contributed by atoms with van der Waals surface area (Å²) in [7, 11) is 0. The molecular formula is C18H22N3O2+. The van der Waals surface area contributed by atoms with Crippen molar-refractivity contribution in [2.24, 2.45) is 0 Å². The van der Waals surface area contributed by atoms with Crippen LogP contribution in [0.2, 0.25) is 0 Å². The lowest BCUT2D eigenvalue weighted by molar-refractivity contribution is -0.682. The van der Waals surface area contributed by atoms with Gasteiger partial charge in [0.25, 0.3) is 5.91 Å². The molecule has 0 aliphatic carbocycles. The van der Waals surface area contributed by atoms with E-state index in [4.69, 9.17) is 0 Å². The van der Waals surface area contributed by atoms with Gasteiger partial charge < -0.3 is 16.0 Å². The summed E-state index contributed by atoms with van der Waals surface area (Å²) in [6, 6.07) is 17.4. The molecular weight excluding hydrogens is 290 g/mol. The minimum absolute atomic E-state index is 0.0555. The first-order valence-electron chi connectivity index (χ1n) is 7.60. The van der Waals surface area contributed by atoms with Crippen molar-refractivity contribution in [1.82, 2.24) is 0 Å². The van der Waals surface area contributed by atoms with Gasteiger partial charge in [-0.15, -0.1) is 0 Å². The highest BCUT2D eigenvalue weighted by atomic mass is 16.2. The number of nitrogens with two attached hydrogens (primary N) is 1. The molecule has 0 fully saturated rings. The molecule has 5 heteroatoms. The molecule has 5 nitrogen and oxygen atoms in total. The zero-order chi connectivity index (χ0) is 16.7. The molecule has 120 valence electrons. The monoisotopic (exact) mass is 312 g/mol. The fourth-order valence-corrected chi connectivity index (χ4v) is 2.23. The molecule has 4 N–H and O–H groups in total. The number of carbonyl (C=O) groups is 2. The maximum absolute atomic E-state index is 12.0. The molecule has 0 bridgehead atoms. The molecule has 0 heterocycles. The van der Waals surface area contributed by atoms with E-state index in [1.807, 2.05) is 23.5 Å². The number of benzene rings is 2. The molecule has 23 heavy (non-hydrogen) atoms. The number of anilines is 2. The van der Waals surface area contributed by atoms with Crippen LogP contribution in [0.1, 0.15) is 25.5 Å². The fourth-order valence-electron chi connectivity index (χ4n) is 2.23. The van der Waals surface area contributed by atoms with Gasteiger partial charge in [-0.3, -0.25) is 9.59 Å². The Morgan fingerprint density at radius 2 is 1.52 bits per heavy atom. The van der Waals surface area contributed by atoms with E-state index < -0.39 is 0 Å². The van der Waals surface area contributed by atoms with Crippen molar-refractivity contribution in [3.63, 3.8) is 0 Å². The molecule has 2 aromatic carbocycles. The molecule has 0 saturated heterocycles. The molecule has 0 aromatic heterocycles. The highest BCUT2D eigenvalue weighted by Crippen LogP contribution is 2.13. The Labute approximate surface area is 136 Å². The van der Waals surface area contributed by atoms with Crippen molar-refractivity contribution >= 4 is 23.2 Å². The van der Waals surface area contributed by atoms with Crippen molar-refractivity contribution in [3.05, 3.63) is 60.2 Å². The Morgan fingerprint density at radius 3 is 2.09 bits per heavy atom. The van der Waals surface area contributed by atoms with Crippen molar-refractivity contribution < 1.29 is 14.9 Å². The highest BCUT2D eigenvalue weighted by Gasteiger charge is 2.11. The lowest BCUT2D eigenvalue weighted by Crippen LogP contribution is -2.86. The van der Waals surface area contributed by atoms with Crippen LogP contribution in [0, 0.1) is 0 Å². The lowest BCUT2D eigenvalue weighted by atomic mass is 10.1. The molecule has 0 aliphatic heterocycles. The van der Waals surface area contributed by atoms with Gasteiger partial charge in [-0.25, -0.2) is 0 Å². The van der Waals surface area contributed by atoms with Crippen LogP contribution in [0.4, 0.5) is 11.4 Å². The van der Waals surface area contributed by atoms with Crippen molar-refractivity contribution in [2.75, 3.05) is 17.2 Å². The van der Waals surface area contributed by atoms with Gasteiger partial charge in [-0.05, 0) is 31.2 Å². The van der Waals surface area contributed by atoms with Crippen LogP contribution in [0.25, 0.3) is 0 Å². The third kappa shape index (κ3) is 5.56. The van der Waals surface area contributed by atoms with Crippen molar-refractivity contribution in [1.29, 1.82) is 0 Å². The van der Waals surface area contributed by atoms with Gasteiger partial charge in [0, 0.05) is 23.9 Å². The van der Waals surface area contributed by atoms with Gasteiger partial charge in [-0.1, -0.05) is 30.3 Å². The number of rotatable bonds is 6. The highest BCUT2D eigenvalue weighted by molar-refractivity contribution is 5.92. The van der Waals surface area contributed by atoms with Gasteiger partial charge in [0.2, 0.25) is 5.91 Å². The van der Waals surface area contributed by atoms with E-state index in [1.54, 1.807) is 24.3 Å². The third-order valence-corrected chi connectivity index (χ3v) is 3.47. The summed E-state index contributed by atoms with van der Waals surface area (Å²) >= 11 is 0. The van der Waals surface area contributed by atoms with Gasteiger partial charge in [0.15, 0.2) is 6.54 Å². The molecule has 0 aliphatic rings. The van der Waals surface area contributed by atoms with Crippen LogP contribution in [-0.2, 0) is 9.59 Å². The maximum atomic E-state index is 12.0. The maximum Gasteiger partial charge on any atom is 0.279 e. The summed E-state index contributed by atoms with van der Waals surface area (Å²) in [6.45, 7) is 3.88. The van der Waals surface area contributed by atoms with Crippen LogP contribution in [-0.4, -0.2) is 18.4 Å². The summed E-state index contributed by atoms with van der Waals surface area (Å²) in [5.41, 5.74) is 2.62. The largest absolute Gasteiger partial charge is 0.333 e. The van der Waals surface area contributed by atoms with E-state index >= 15 is 0 Å².